The number of benzene rings is 1. The first-order valence-electron chi connectivity index (χ1n) is 10.7. The fourth-order valence-electron chi connectivity index (χ4n) is 3.68. The molecule has 12 heteroatoms. The minimum atomic E-state index is -3.88. The molecule has 1 fully saturated rings. The molecule has 4 rings (SSSR count). The summed E-state index contributed by atoms with van der Waals surface area (Å²) < 4.78 is 39.8. The molecular formula is C22H26N6O5S. The highest BCUT2D eigenvalue weighted by Gasteiger charge is 2.30. The fraction of sp³-hybridized carbons (Fsp3) is 0.364. The number of hydrogen-bond donors (Lipinski definition) is 1. The van der Waals surface area contributed by atoms with Crippen molar-refractivity contribution in [1.29, 1.82) is 0 Å². The lowest BCUT2D eigenvalue weighted by Crippen LogP contribution is -2.40. The highest BCUT2D eigenvalue weighted by Crippen LogP contribution is 2.29. The summed E-state index contributed by atoms with van der Waals surface area (Å²) in [6.07, 6.45) is 0. The Kier molecular flexibility index (Phi) is 6.64. The zero-order chi connectivity index (χ0) is 24.5. The fourth-order valence-corrected chi connectivity index (χ4v) is 5.27. The SMILES string of the molecule is COc1ccc(C(=O)Nc2cc(C)nn2-c2nc(C)cc(C)n2)cc1S(=O)(=O)N1CCOCC1. The van der Waals surface area contributed by atoms with Crippen molar-refractivity contribution in [1.82, 2.24) is 24.1 Å². The van der Waals surface area contributed by atoms with E-state index in [0.29, 0.717) is 30.7 Å². The molecule has 1 saturated heterocycles. The molecule has 0 saturated carbocycles. The largest absolute Gasteiger partial charge is 0.495 e. The summed E-state index contributed by atoms with van der Waals surface area (Å²) >= 11 is 0. The molecule has 3 aromatic rings. The van der Waals surface area contributed by atoms with Gasteiger partial charge in [-0.05, 0) is 45.0 Å². The monoisotopic (exact) mass is 486 g/mol. The van der Waals surface area contributed by atoms with E-state index in [1.54, 1.807) is 13.0 Å². The van der Waals surface area contributed by atoms with Crippen molar-refractivity contribution in [2.75, 3.05) is 38.7 Å². The molecular weight excluding hydrogens is 460 g/mol. The van der Waals surface area contributed by atoms with Crippen molar-refractivity contribution in [3.8, 4) is 11.7 Å². The van der Waals surface area contributed by atoms with Crippen LogP contribution in [0.3, 0.4) is 0 Å². The third-order valence-corrected chi connectivity index (χ3v) is 7.17. The van der Waals surface area contributed by atoms with Crippen LogP contribution >= 0.6 is 0 Å². The van der Waals surface area contributed by atoms with Crippen LogP contribution in [0.4, 0.5) is 5.82 Å². The number of amides is 1. The molecule has 3 heterocycles. The van der Waals surface area contributed by atoms with Gasteiger partial charge in [0.25, 0.3) is 11.9 Å². The minimum Gasteiger partial charge on any atom is -0.495 e. The molecule has 1 aliphatic rings. The number of carbonyl (C=O) groups is 1. The van der Waals surface area contributed by atoms with Crippen LogP contribution in [0.25, 0.3) is 5.95 Å². The third-order valence-electron chi connectivity index (χ3n) is 5.25. The quantitative estimate of drug-likeness (QED) is 0.559. The zero-order valence-corrected chi connectivity index (χ0v) is 20.2. The molecule has 1 aliphatic heterocycles. The molecule has 1 N–H and O–H groups in total. The summed E-state index contributed by atoms with van der Waals surface area (Å²) in [6.45, 7) is 6.57. The average molecular weight is 487 g/mol. The molecule has 0 radical (unpaired) electrons. The lowest BCUT2D eigenvalue weighted by molar-refractivity contribution is 0.0729. The number of methoxy groups -OCH3 is 1. The molecule has 1 amide bonds. The van der Waals surface area contributed by atoms with Crippen LogP contribution in [-0.2, 0) is 14.8 Å². The molecule has 1 aromatic carbocycles. The van der Waals surface area contributed by atoms with E-state index in [1.165, 1.54) is 34.3 Å². The lowest BCUT2D eigenvalue weighted by atomic mass is 10.2. The molecule has 0 atom stereocenters. The molecule has 34 heavy (non-hydrogen) atoms. The zero-order valence-electron chi connectivity index (χ0n) is 19.4. The van der Waals surface area contributed by atoms with E-state index in [0.717, 1.165) is 11.4 Å². The molecule has 0 aliphatic carbocycles. The number of morpholine rings is 1. The van der Waals surface area contributed by atoms with Gasteiger partial charge in [-0.2, -0.15) is 14.1 Å². The molecule has 0 unspecified atom stereocenters. The first kappa shape index (κ1) is 23.8. The number of anilines is 1. The minimum absolute atomic E-state index is 0.0770. The van der Waals surface area contributed by atoms with Gasteiger partial charge in [0.1, 0.15) is 16.5 Å². The Bertz CT molecular complexity index is 1310. The molecule has 180 valence electrons. The first-order valence-corrected chi connectivity index (χ1v) is 12.1. The third kappa shape index (κ3) is 4.79. The Hall–Kier alpha value is -3.35. The Morgan fingerprint density at radius 3 is 2.35 bits per heavy atom. The van der Waals surface area contributed by atoms with E-state index < -0.39 is 15.9 Å². The van der Waals surface area contributed by atoms with E-state index in [2.05, 4.69) is 20.4 Å². The van der Waals surface area contributed by atoms with Crippen LogP contribution in [0.5, 0.6) is 5.75 Å². The highest BCUT2D eigenvalue weighted by atomic mass is 32.2. The van der Waals surface area contributed by atoms with Gasteiger partial charge in [-0.1, -0.05) is 0 Å². The van der Waals surface area contributed by atoms with Crippen LogP contribution in [-0.4, -0.2) is 71.8 Å². The van der Waals surface area contributed by atoms with Gasteiger partial charge in [0, 0.05) is 36.1 Å². The maximum absolute atomic E-state index is 13.2. The summed E-state index contributed by atoms with van der Waals surface area (Å²) in [7, 11) is -2.49. The van der Waals surface area contributed by atoms with Crippen molar-refractivity contribution in [2.24, 2.45) is 0 Å². The number of aryl methyl sites for hydroxylation is 3. The molecule has 11 nitrogen and oxygen atoms in total. The maximum atomic E-state index is 13.2. The van der Waals surface area contributed by atoms with Gasteiger partial charge in [-0.3, -0.25) is 4.79 Å². The Morgan fingerprint density at radius 2 is 1.71 bits per heavy atom. The lowest BCUT2D eigenvalue weighted by Gasteiger charge is -2.26. The van der Waals surface area contributed by atoms with Crippen molar-refractivity contribution in [3.05, 3.63) is 53.0 Å². The van der Waals surface area contributed by atoms with E-state index >= 15 is 0 Å². The number of nitrogens with zero attached hydrogens (tertiary/aromatic N) is 5. The van der Waals surface area contributed by atoms with Crippen molar-refractivity contribution in [3.63, 3.8) is 0 Å². The van der Waals surface area contributed by atoms with Crippen LogP contribution < -0.4 is 10.1 Å². The van der Waals surface area contributed by atoms with Crippen LogP contribution in [0.1, 0.15) is 27.4 Å². The van der Waals surface area contributed by atoms with Crippen molar-refractivity contribution in [2.45, 2.75) is 25.7 Å². The number of aromatic nitrogens is 4. The topological polar surface area (TPSA) is 129 Å². The Balaban J connectivity index is 1.67. The van der Waals surface area contributed by atoms with Gasteiger partial charge < -0.3 is 14.8 Å². The summed E-state index contributed by atoms with van der Waals surface area (Å²) in [5, 5.41) is 7.19. The second-order valence-corrected chi connectivity index (χ2v) is 9.78. The van der Waals surface area contributed by atoms with Crippen LogP contribution in [0, 0.1) is 20.8 Å². The number of sulfonamides is 1. The normalized spacial score (nSPS) is 14.7. The molecule has 0 bridgehead atoms. The first-order chi connectivity index (χ1) is 16.2. The number of carbonyl (C=O) groups excluding carboxylic acids is 1. The van der Waals surface area contributed by atoms with E-state index in [9.17, 15) is 13.2 Å². The summed E-state index contributed by atoms with van der Waals surface area (Å²) in [6, 6.07) is 7.82. The van der Waals surface area contributed by atoms with Gasteiger partial charge in [-0.25, -0.2) is 18.4 Å². The van der Waals surface area contributed by atoms with Crippen LogP contribution in [0.15, 0.2) is 35.2 Å². The van der Waals surface area contributed by atoms with Crippen LogP contribution in [0.2, 0.25) is 0 Å². The van der Waals surface area contributed by atoms with Gasteiger partial charge in [0.15, 0.2) is 0 Å². The Morgan fingerprint density at radius 1 is 1.03 bits per heavy atom. The average Bonchev–Trinajstić information content (AvgIpc) is 3.18. The molecule has 0 spiro atoms. The van der Waals surface area contributed by atoms with E-state index in [-0.39, 0.29) is 29.3 Å². The predicted octanol–water partition coefficient (Wildman–Crippen LogP) is 1.87. The number of hydrogen-bond acceptors (Lipinski definition) is 8. The number of rotatable bonds is 6. The smallest absolute Gasteiger partial charge is 0.256 e. The Labute approximate surface area is 197 Å². The van der Waals surface area contributed by atoms with Crippen molar-refractivity contribution >= 4 is 21.7 Å². The molecule has 2 aromatic heterocycles. The van der Waals surface area contributed by atoms with Gasteiger partial charge in [-0.15, -0.1) is 0 Å². The van der Waals surface area contributed by atoms with Gasteiger partial charge >= 0.3 is 0 Å². The summed E-state index contributed by atoms with van der Waals surface area (Å²) in [5.74, 6) is 0.339. The van der Waals surface area contributed by atoms with Crippen molar-refractivity contribution < 1.29 is 22.7 Å². The second-order valence-electron chi connectivity index (χ2n) is 7.87. The highest BCUT2D eigenvalue weighted by molar-refractivity contribution is 7.89. The number of ether oxygens (including phenoxy) is 2. The summed E-state index contributed by atoms with van der Waals surface area (Å²) in [4.78, 5) is 21.9. The maximum Gasteiger partial charge on any atom is 0.256 e. The van der Waals surface area contributed by atoms with Gasteiger partial charge in [0.2, 0.25) is 10.0 Å². The standard InChI is InChI=1S/C22H26N6O5S/c1-14-11-15(2)24-22(23-14)28-20(12-16(3)26-28)25-21(29)17-5-6-18(32-4)19(13-17)34(30,31)27-7-9-33-10-8-27/h5-6,11-13H,7-10H2,1-4H3,(H,25,29). The predicted molar refractivity (Wildman–Crippen MR) is 124 cm³/mol. The second kappa shape index (κ2) is 9.49. The summed E-state index contributed by atoms with van der Waals surface area (Å²) in [5.41, 5.74) is 2.34. The van der Waals surface area contributed by atoms with E-state index in [4.69, 9.17) is 9.47 Å². The number of nitrogens with one attached hydrogen (secondary N) is 1. The van der Waals surface area contributed by atoms with Gasteiger partial charge in [0.05, 0.1) is 26.0 Å². The van der Waals surface area contributed by atoms with E-state index in [1.807, 2.05) is 19.9 Å².